The molecule has 2 aromatic carbocycles. The average molecular weight is 244 g/mol. The van der Waals surface area contributed by atoms with Crippen LogP contribution in [0, 0.1) is 5.82 Å². The smallest absolute Gasteiger partial charge is 0.312 e. The van der Waals surface area contributed by atoms with Crippen LogP contribution in [0.1, 0.15) is 17.2 Å². The molecule has 1 unspecified atom stereocenters. The van der Waals surface area contributed by atoms with Crippen LogP contribution in [0.15, 0.2) is 54.6 Å². The molecule has 3 nitrogen and oxygen atoms in total. The molecule has 2 amide bonds. The van der Waals surface area contributed by atoms with Crippen LogP contribution in [0.3, 0.4) is 0 Å². The summed E-state index contributed by atoms with van der Waals surface area (Å²) in [5, 5.41) is 2.61. The average Bonchev–Trinajstić information content (AvgIpc) is 2.37. The Kier molecular flexibility index (Phi) is 3.57. The van der Waals surface area contributed by atoms with Crippen molar-refractivity contribution >= 4 is 6.03 Å². The molecule has 1 atom stereocenters. The first-order chi connectivity index (χ1) is 8.66. The van der Waals surface area contributed by atoms with Gasteiger partial charge in [-0.05, 0) is 23.3 Å². The molecule has 4 heteroatoms. The lowest BCUT2D eigenvalue weighted by molar-refractivity contribution is 0.247. The van der Waals surface area contributed by atoms with Crippen molar-refractivity contribution in [1.82, 2.24) is 5.32 Å². The molecule has 0 saturated carbocycles. The molecule has 3 N–H and O–H groups in total. The highest BCUT2D eigenvalue weighted by molar-refractivity contribution is 5.72. The van der Waals surface area contributed by atoms with Crippen LogP contribution in [0.5, 0.6) is 0 Å². The van der Waals surface area contributed by atoms with E-state index in [0.29, 0.717) is 5.56 Å². The zero-order chi connectivity index (χ0) is 13.0. The third-order valence-corrected chi connectivity index (χ3v) is 2.60. The highest BCUT2D eigenvalue weighted by Crippen LogP contribution is 2.22. The molecule has 0 aliphatic rings. The van der Waals surface area contributed by atoms with Gasteiger partial charge in [-0.2, -0.15) is 0 Å². The Balaban J connectivity index is 2.40. The Bertz CT molecular complexity index is 543. The molecule has 0 saturated heterocycles. The third-order valence-electron chi connectivity index (χ3n) is 2.60. The largest absolute Gasteiger partial charge is 0.352 e. The second-order valence-electron chi connectivity index (χ2n) is 3.91. The zero-order valence-electron chi connectivity index (χ0n) is 9.64. The number of primary amides is 1. The number of nitrogens with one attached hydrogen (secondary N) is 1. The molecule has 0 aliphatic heterocycles. The van der Waals surface area contributed by atoms with E-state index in [-0.39, 0.29) is 5.82 Å². The predicted octanol–water partition coefficient (Wildman–Crippen LogP) is 2.58. The van der Waals surface area contributed by atoms with Crippen LogP contribution in [0.4, 0.5) is 9.18 Å². The first kappa shape index (κ1) is 12.1. The van der Waals surface area contributed by atoms with Gasteiger partial charge in [-0.3, -0.25) is 0 Å². The van der Waals surface area contributed by atoms with Crippen molar-refractivity contribution in [3.8, 4) is 0 Å². The Morgan fingerprint density at radius 3 is 2.33 bits per heavy atom. The van der Waals surface area contributed by atoms with Gasteiger partial charge in [0, 0.05) is 0 Å². The molecule has 0 fully saturated rings. The lowest BCUT2D eigenvalue weighted by Crippen LogP contribution is -2.33. The molecule has 2 aromatic rings. The molecular weight excluding hydrogens is 231 g/mol. The van der Waals surface area contributed by atoms with Gasteiger partial charge < -0.3 is 11.1 Å². The quantitative estimate of drug-likeness (QED) is 0.856. The summed E-state index contributed by atoms with van der Waals surface area (Å²) in [5.41, 5.74) is 6.66. The highest BCUT2D eigenvalue weighted by Gasteiger charge is 2.15. The predicted molar refractivity (Wildman–Crippen MR) is 67.4 cm³/mol. The minimum absolute atomic E-state index is 0.347. The Hall–Kier alpha value is -2.36. The van der Waals surface area contributed by atoms with E-state index in [0.717, 1.165) is 5.56 Å². The standard InChI is InChI=1S/C14H13FN2O/c15-12-8-4-7-11(9-12)13(17-14(16)18)10-5-2-1-3-6-10/h1-9,13H,(H3,16,17,18). The molecule has 0 heterocycles. The van der Waals surface area contributed by atoms with Gasteiger partial charge in [-0.15, -0.1) is 0 Å². The van der Waals surface area contributed by atoms with Gasteiger partial charge in [0.05, 0.1) is 6.04 Å². The molecule has 92 valence electrons. The Morgan fingerprint density at radius 2 is 1.72 bits per heavy atom. The minimum Gasteiger partial charge on any atom is -0.352 e. The number of urea groups is 1. The number of hydrogen-bond acceptors (Lipinski definition) is 1. The number of halogens is 1. The van der Waals surface area contributed by atoms with Crippen LogP contribution in [0.2, 0.25) is 0 Å². The SMILES string of the molecule is NC(=O)NC(c1ccccc1)c1cccc(F)c1. The monoisotopic (exact) mass is 244 g/mol. The highest BCUT2D eigenvalue weighted by atomic mass is 19.1. The summed E-state index contributed by atoms with van der Waals surface area (Å²) in [6.45, 7) is 0. The van der Waals surface area contributed by atoms with E-state index >= 15 is 0 Å². The second kappa shape index (κ2) is 5.31. The summed E-state index contributed by atoms with van der Waals surface area (Å²) in [4.78, 5) is 11.1. The number of carbonyl (C=O) groups excluding carboxylic acids is 1. The van der Waals surface area contributed by atoms with Gasteiger partial charge in [-0.1, -0.05) is 42.5 Å². The molecule has 0 aliphatic carbocycles. The summed E-state index contributed by atoms with van der Waals surface area (Å²) in [6.07, 6.45) is 0. The number of benzene rings is 2. The molecule has 0 spiro atoms. The van der Waals surface area contributed by atoms with Gasteiger partial charge in [0.25, 0.3) is 0 Å². The van der Waals surface area contributed by atoms with Crippen LogP contribution >= 0.6 is 0 Å². The van der Waals surface area contributed by atoms with Crippen molar-refractivity contribution in [2.24, 2.45) is 5.73 Å². The molecule has 2 rings (SSSR count). The molecule has 18 heavy (non-hydrogen) atoms. The van der Waals surface area contributed by atoms with Gasteiger partial charge in [0.2, 0.25) is 0 Å². The van der Waals surface area contributed by atoms with E-state index in [4.69, 9.17) is 5.73 Å². The number of nitrogens with two attached hydrogens (primary N) is 1. The zero-order valence-corrected chi connectivity index (χ0v) is 9.64. The van der Waals surface area contributed by atoms with E-state index in [1.807, 2.05) is 30.3 Å². The first-order valence-electron chi connectivity index (χ1n) is 5.53. The van der Waals surface area contributed by atoms with Crippen LogP contribution in [-0.2, 0) is 0 Å². The van der Waals surface area contributed by atoms with Crippen molar-refractivity contribution in [2.45, 2.75) is 6.04 Å². The summed E-state index contributed by atoms with van der Waals surface area (Å²) < 4.78 is 13.2. The summed E-state index contributed by atoms with van der Waals surface area (Å²) >= 11 is 0. The van der Waals surface area contributed by atoms with Crippen molar-refractivity contribution in [1.29, 1.82) is 0 Å². The van der Waals surface area contributed by atoms with E-state index in [9.17, 15) is 9.18 Å². The third kappa shape index (κ3) is 2.85. The summed E-state index contributed by atoms with van der Waals surface area (Å²) in [5.74, 6) is -0.347. The van der Waals surface area contributed by atoms with Gasteiger partial charge >= 0.3 is 6.03 Å². The van der Waals surface area contributed by atoms with E-state index in [1.54, 1.807) is 12.1 Å². The van der Waals surface area contributed by atoms with Gasteiger partial charge in [0.1, 0.15) is 5.82 Å². The second-order valence-corrected chi connectivity index (χ2v) is 3.91. The summed E-state index contributed by atoms with van der Waals surface area (Å²) in [6, 6.07) is 14.3. The maximum Gasteiger partial charge on any atom is 0.312 e. The van der Waals surface area contributed by atoms with Crippen LogP contribution < -0.4 is 11.1 Å². The first-order valence-corrected chi connectivity index (χ1v) is 5.53. The van der Waals surface area contributed by atoms with E-state index in [2.05, 4.69) is 5.32 Å². The lowest BCUT2D eigenvalue weighted by Gasteiger charge is -2.18. The molecule has 0 radical (unpaired) electrons. The van der Waals surface area contributed by atoms with Crippen LogP contribution in [-0.4, -0.2) is 6.03 Å². The number of amides is 2. The normalized spacial score (nSPS) is 11.8. The number of hydrogen-bond donors (Lipinski definition) is 2. The number of rotatable bonds is 3. The Labute approximate surface area is 104 Å². The Morgan fingerprint density at radius 1 is 1.06 bits per heavy atom. The summed E-state index contributed by atoms with van der Waals surface area (Å²) in [7, 11) is 0. The van der Waals surface area contributed by atoms with Crippen molar-refractivity contribution in [3.63, 3.8) is 0 Å². The van der Waals surface area contributed by atoms with Crippen molar-refractivity contribution in [2.75, 3.05) is 0 Å². The number of carbonyl (C=O) groups is 1. The molecule has 0 aromatic heterocycles. The molecular formula is C14H13FN2O. The van der Waals surface area contributed by atoms with Crippen molar-refractivity contribution < 1.29 is 9.18 Å². The fourth-order valence-electron chi connectivity index (χ4n) is 1.83. The maximum atomic E-state index is 13.2. The lowest BCUT2D eigenvalue weighted by atomic mass is 9.99. The van der Waals surface area contributed by atoms with Gasteiger partial charge in [-0.25, -0.2) is 9.18 Å². The maximum absolute atomic E-state index is 13.2. The minimum atomic E-state index is -0.645. The van der Waals surface area contributed by atoms with Crippen LogP contribution in [0.25, 0.3) is 0 Å². The van der Waals surface area contributed by atoms with Crippen molar-refractivity contribution in [3.05, 3.63) is 71.5 Å². The van der Waals surface area contributed by atoms with E-state index < -0.39 is 12.1 Å². The fourth-order valence-corrected chi connectivity index (χ4v) is 1.83. The fraction of sp³-hybridized carbons (Fsp3) is 0.0714. The van der Waals surface area contributed by atoms with Gasteiger partial charge in [0.15, 0.2) is 0 Å². The topological polar surface area (TPSA) is 55.1 Å². The molecule has 0 bridgehead atoms. The van der Waals surface area contributed by atoms with E-state index in [1.165, 1.54) is 12.1 Å².